The molecule has 0 aromatic carbocycles. The average Bonchev–Trinajstić information content (AvgIpc) is 3.38. The third kappa shape index (κ3) is 2.15. The predicted molar refractivity (Wildman–Crippen MR) is 102 cm³/mol. The maximum absolute atomic E-state index is 11.5. The van der Waals surface area contributed by atoms with Crippen LogP contribution >= 0.6 is 0 Å². The quantitative estimate of drug-likeness (QED) is 0.643. The lowest BCUT2D eigenvalue weighted by molar-refractivity contribution is -0.258. The van der Waals surface area contributed by atoms with Crippen LogP contribution in [-0.2, 0) is 18.9 Å². The zero-order chi connectivity index (χ0) is 19.2. The summed E-state index contributed by atoms with van der Waals surface area (Å²) in [6.45, 7) is 7.53. The Morgan fingerprint density at radius 3 is 2.43 bits per heavy atom. The van der Waals surface area contributed by atoms with Crippen molar-refractivity contribution in [3.05, 3.63) is 11.6 Å². The van der Waals surface area contributed by atoms with Gasteiger partial charge in [-0.2, -0.15) is 0 Å². The molecule has 0 amide bonds. The maximum atomic E-state index is 11.5. The van der Waals surface area contributed by atoms with E-state index < -0.39 is 11.6 Å². The molecule has 156 valence electrons. The van der Waals surface area contributed by atoms with Crippen LogP contribution in [0.15, 0.2) is 11.6 Å². The smallest absolute Gasteiger partial charge is 0.174 e. The Bertz CT molecular complexity index is 691. The Labute approximate surface area is 167 Å². The molecule has 5 nitrogen and oxygen atoms in total. The second-order valence-electron chi connectivity index (χ2n) is 10.6. The van der Waals surface area contributed by atoms with E-state index in [2.05, 4.69) is 19.9 Å². The van der Waals surface area contributed by atoms with Gasteiger partial charge in [-0.1, -0.05) is 25.5 Å². The summed E-state index contributed by atoms with van der Waals surface area (Å²) in [5, 5.41) is 11.5. The van der Waals surface area contributed by atoms with Crippen LogP contribution in [0.1, 0.15) is 58.8 Å². The fourth-order valence-electron chi connectivity index (χ4n) is 8.36. The molecule has 28 heavy (non-hydrogen) atoms. The van der Waals surface area contributed by atoms with Crippen molar-refractivity contribution >= 4 is 0 Å². The molecular formula is C23H34O5. The van der Waals surface area contributed by atoms with E-state index in [1.807, 2.05) is 0 Å². The summed E-state index contributed by atoms with van der Waals surface area (Å²) in [5.74, 6) is 0.532. The predicted octanol–water partition coefficient (Wildman–Crippen LogP) is 3.41. The van der Waals surface area contributed by atoms with E-state index >= 15 is 0 Å². The highest BCUT2D eigenvalue weighted by molar-refractivity contribution is 5.28. The largest absolute Gasteiger partial charge is 0.393 e. The minimum atomic E-state index is -0.462. The zero-order valence-corrected chi connectivity index (χ0v) is 17.2. The number of hydrogen-bond acceptors (Lipinski definition) is 5. The number of fused-ring (bicyclic) bond motifs is 6. The van der Waals surface area contributed by atoms with Crippen LogP contribution in [0.3, 0.4) is 0 Å². The highest BCUT2D eigenvalue weighted by Gasteiger charge is 2.69. The van der Waals surface area contributed by atoms with Crippen molar-refractivity contribution in [2.45, 2.75) is 76.5 Å². The van der Waals surface area contributed by atoms with E-state index in [-0.39, 0.29) is 16.9 Å². The Kier molecular flexibility index (Phi) is 3.81. The Morgan fingerprint density at radius 2 is 1.68 bits per heavy atom. The van der Waals surface area contributed by atoms with Crippen molar-refractivity contribution < 1.29 is 24.1 Å². The topological polar surface area (TPSA) is 57.2 Å². The van der Waals surface area contributed by atoms with Crippen LogP contribution in [0.5, 0.6) is 0 Å². The van der Waals surface area contributed by atoms with E-state index in [9.17, 15) is 5.11 Å². The van der Waals surface area contributed by atoms with Gasteiger partial charge >= 0.3 is 0 Å². The Balaban J connectivity index is 1.35. The van der Waals surface area contributed by atoms with Crippen molar-refractivity contribution in [3.63, 3.8) is 0 Å². The molecule has 1 N–H and O–H groups in total. The number of aliphatic hydroxyl groups is 1. The van der Waals surface area contributed by atoms with Crippen LogP contribution in [0.25, 0.3) is 0 Å². The third-order valence-corrected chi connectivity index (χ3v) is 9.66. The molecule has 3 saturated carbocycles. The van der Waals surface area contributed by atoms with Crippen LogP contribution in [0, 0.1) is 28.6 Å². The Hall–Kier alpha value is -0.460. The normalized spacial score (nSPS) is 51.0. The first kappa shape index (κ1) is 18.3. The molecule has 0 aromatic rings. The number of rotatable bonds is 0. The molecule has 2 spiro atoms. The molecular weight excluding hydrogens is 356 g/mol. The monoisotopic (exact) mass is 390 g/mol. The average molecular weight is 391 g/mol. The van der Waals surface area contributed by atoms with E-state index in [1.54, 1.807) is 0 Å². The van der Waals surface area contributed by atoms with E-state index in [0.717, 1.165) is 44.9 Å². The van der Waals surface area contributed by atoms with Crippen molar-refractivity contribution in [1.82, 2.24) is 0 Å². The van der Waals surface area contributed by atoms with Crippen molar-refractivity contribution in [2.75, 3.05) is 26.4 Å². The summed E-state index contributed by atoms with van der Waals surface area (Å²) >= 11 is 0. The zero-order valence-electron chi connectivity index (χ0n) is 17.2. The number of hydrogen-bond donors (Lipinski definition) is 1. The summed E-state index contributed by atoms with van der Waals surface area (Å²) in [5.41, 5.74) is 1.43. The first-order chi connectivity index (χ1) is 13.4. The minimum absolute atomic E-state index is 0.0529. The number of aliphatic hydroxyl groups excluding tert-OH is 1. The number of ether oxygens (including phenoxy) is 4. The molecule has 5 heteroatoms. The van der Waals surface area contributed by atoms with Gasteiger partial charge in [0, 0.05) is 24.7 Å². The maximum Gasteiger partial charge on any atom is 0.174 e. The fourth-order valence-corrected chi connectivity index (χ4v) is 8.36. The van der Waals surface area contributed by atoms with E-state index in [1.165, 1.54) is 5.57 Å². The van der Waals surface area contributed by atoms with E-state index in [4.69, 9.17) is 18.9 Å². The third-order valence-electron chi connectivity index (χ3n) is 9.66. The summed E-state index contributed by atoms with van der Waals surface area (Å²) in [6, 6.07) is 0. The van der Waals surface area contributed by atoms with Gasteiger partial charge in [0.15, 0.2) is 11.6 Å². The van der Waals surface area contributed by atoms with E-state index in [0.29, 0.717) is 44.2 Å². The molecule has 6 rings (SSSR count). The molecule has 0 bridgehead atoms. The fraction of sp³-hybridized carbons (Fsp3) is 0.913. The molecule has 2 heterocycles. The van der Waals surface area contributed by atoms with Gasteiger partial charge in [0.25, 0.3) is 0 Å². The second-order valence-corrected chi connectivity index (χ2v) is 10.6. The minimum Gasteiger partial charge on any atom is -0.393 e. The van der Waals surface area contributed by atoms with Gasteiger partial charge in [-0.3, -0.25) is 0 Å². The molecule has 0 aromatic heterocycles. The van der Waals surface area contributed by atoms with Crippen LogP contribution < -0.4 is 0 Å². The van der Waals surface area contributed by atoms with Crippen molar-refractivity contribution in [1.29, 1.82) is 0 Å². The lowest BCUT2D eigenvalue weighted by Gasteiger charge is -2.61. The van der Waals surface area contributed by atoms with Crippen molar-refractivity contribution in [3.8, 4) is 0 Å². The molecule has 4 aliphatic carbocycles. The summed E-state index contributed by atoms with van der Waals surface area (Å²) < 4.78 is 24.5. The second kappa shape index (κ2) is 5.82. The standard InChI is InChI=1S/C23H34O5/c1-20-7-8-22(25-9-10-26-22)13-15(20)3-4-16-17-5-6-23(27-11-12-28-23)21(17,2)14-18(24)19(16)20/h3,16-19,24H,4-14H2,1-2H3. The number of allylic oxidation sites excluding steroid dienone is 1. The van der Waals surface area contributed by atoms with Gasteiger partial charge in [-0.05, 0) is 48.9 Å². The molecule has 2 saturated heterocycles. The molecule has 6 atom stereocenters. The van der Waals surface area contributed by atoms with Gasteiger partial charge in [0.05, 0.1) is 32.5 Å². The molecule has 2 aliphatic heterocycles. The molecule has 0 radical (unpaired) electrons. The summed E-state index contributed by atoms with van der Waals surface area (Å²) in [7, 11) is 0. The summed E-state index contributed by atoms with van der Waals surface area (Å²) in [4.78, 5) is 0. The van der Waals surface area contributed by atoms with Crippen LogP contribution in [0.2, 0.25) is 0 Å². The van der Waals surface area contributed by atoms with Crippen LogP contribution in [-0.4, -0.2) is 49.2 Å². The lowest BCUT2D eigenvalue weighted by atomic mass is 9.46. The van der Waals surface area contributed by atoms with Gasteiger partial charge in [-0.15, -0.1) is 0 Å². The lowest BCUT2D eigenvalue weighted by Crippen LogP contribution is -2.60. The molecule has 6 aliphatic rings. The SMILES string of the molecule is CC12CCC3(CC1=CCC1C2C(O)CC2(C)C1CCC21OCCO1)OCCO3. The molecule has 6 unspecified atom stereocenters. The first-order valence-corrected chi connectivity index (χ1v) is 11.3. The highest BCUT2D eigenvalue weighted by Crippen LogP contribution is 2.69. The van der Waals surface area contributed by atoms with Crippen molar-refractivity contribution in [2.24, 2.45) is 28.6 Å². The van der Waals surface area contributed by atoms with Crippen LogP contribution in [0.4, 0.5) is 0 Å². The molecule has 5 fully saturated rings. The Morgan fingerprint density at radius 1 is 0.964 bits per heavy atom. The summed E-state index contributed by atoms with van der Waals surface area (Å²) in [6.07, 6.45) is 9.00. The first-order valence-electron chi connectivity index (χ1n) is 11.3. The van der Waals surface area contributed by atoms with Gasteiger partial charge in [-0.25, -0.2) is 0 Å². The van der Waals surface area contributed by atoms with Gasteiger partial charge in [0.1, 0.15) is 0 Å². The van der Waals surface area contributed by atoms with Gasteiger partial charge < -0.3 is 24.1 Å². The highest BCUT2D eigenvalue weighted by atomic mass is 16.7. The van der Waals surface area contributed by atoms with Gasteiger partial charge in [0.2, 0.25) is 0 Å².